The molecule has 1 aromatic carbocycles. The zero-order valence-electron chi connectivity index (χ0n) is 12.3. The summed E-state index contributed by atoms with van der Waals surface area (Å²) in [5.74, 6) is 1.73. The van der Waals surface area contributed by atoms with E-state index in [9.17, 15) is 0 Å². The fraction of sp³-hybridized carbons (Fsp3) is 0.444. The Morgan fingerprint density at radius 1 is 0.952 bits per heavy atom. The molecule has 4 rings (SSSR count). The number of hydrogen-bond donors (Lipinski definition) is 1. The zero-order chi connectivity index (χ0) is 14.1. The third kappa shape index (κ3) is 2.65. The minimum Gasteiger partial charge on any atom is -0.366 e. The highest BCUT2D eigenvalue weighted by Crippen LogP contribution is 2.43. The first-order valence-corrected chi connectivity index (χ1v) is 8.06. The third-order valence-electron chi connectivity index (χ3n) is 4.72. The zero-order valence-corrected chi connectivity index (χ0v) is 12.3. The van der Waals surface area contributed by atoms with Gasteiger partial charge in [0, 0.05) is 23.2 Å². The van der Waals surface area contributed by atoms with Crippen LogP contribution in [0.1, 0.15) is 48.4 Å². The number of nitrogens with one attached hydrogen (secondary N) is 1. The van der Waals surface area contributed by atoms with Crippen LogP contribution in [0.15, 0.2) is 36.7 Å². The van der Waals surface area contributed by atoms with E-state index in [1.54, 1.807) is 6.33 Å². The van der Waals surface area contributed by atoms with Crippen molar-refractivity contribution in [3.8, 4) is 0 Å². The van der Waals surface area contributed by atoms with Crippen LogP contribution in [0, 0.1) is 0 Å². The molecule has 1 aromatic heterocycles. The number of rotatable bonds is 3. The van der Waals surface area contributed by atoms with Crippen LogP contribution in [0.2, 0.25) is 0 Å². The van der Waals surface area contributed by atoms with E-state index in [2.05, 4.69) is 45.6 Å². The molecule has 0 amide bonds. The van der Waals surface area contributed by atoms with E-state index in [1.807, 2.05) is 0 Å². The number of benzene rings is 1. The van der Waals surface area contributed by atoms with Crippen molar-refractivity contribution >= 4 is 5.82 Å². The molecule has 1 saturated carbocycles. The lowest BCUT2D eigenvalue weighted by molar-refractivity contribution is 0.708. The SMILES string of the molecule is c1ccc(C2CC2Nc2ncnc3c2CCCCC3)cc1. The largest absolute Gasteiger partial charge is 0.366 e. The Kier molecular flexibility index (Phi) is 3.34. The van der Waals surface area contributed by atoms with Crippen molar-refractivity contribution in [2.45, 2.75) is 50.5 Å². The monoisotopic (exact) mass is 279 g/mol. The van der Waals surface area contributed by atoms with Gasteiger partial charge in [0.15, 0.2) is 0 Å². The molecule has 3 heteroatoms. The van der Waals surface area contributed by atoms with Gasteiger partial charge in [0.1, 0.15) is 12.1 Å². The standard InChI is InChI=1S/C18H21N3/c1-3-7-13(8-4-1)15-11-17(15)21-18-14-9-5-2-6-10-16(14)19-12-20-18/h1,3-4,7-8,12,15,17H,2,5-6,9-11H2,(H,19,20,21). The fourth-order valence-corrected chi connectivity index (χ4v) is 3.42. The summed E-state index contributed by atoms with van der Waals surface area (Å²) in [6.07, 6.45) is 9.02. The summed E-state index contributed by atoms with van der Waals surface area (Å²) in [5, 5.41) is 3.67. The number of aryl methyl sites for hydroxylation is 1. The molecule has 2 aliphatic carbocycles. The van der Waals surface area contributed by atoms with Crippen LogP contribution in [0.25, 0.3) is 0 Å². The van der Waals surface area contributed by atoms with Gasteiger partial charge in [-0.15, -0.1) is 0 Å². The predicted octanol–water partition coefficient (Wildman–Crippen LogP) is 3.71. The molecule has 0 radical (unpaired) electrons. The van der Waals surface area contributed by atoms with Crippen LogP contribution in [0.3, 0.4) is 0 Å². The number of fused-ring (bicyclic) bond motifs is 1. The van der Waals surface area contributed by atoms with Crippen molar-refractivity contribution in [1.29, 1.82) is 0 Å². The molecule has 1 heterocycles. The smallest absolute Gasteiger partial charge is 0.133 e. The van der Waals surface area contributed by atoms with Gasteiger partial charge in [0.25, 0.3) is 0 Å². The second kappa shape index (κ2) is 5.47. The molecule has 0 aliphatic heterocycles. The first kappa shape index (κ1) is 12.8. The minimum absolute atomic E-state index is 0.537. The maximum Gasteiger partial charge on any atom is 0.133 e. The number of aromatic nitrogens is 2. The fourth-order valence-electron chi connectivity index (χ4n) is 3.42. The average molecular weight is 279 g/mol. The Labute approximate surface area is 125 Å². The molecule has 2 aliphatic rings. The predicted molar refractivity (Wildman–Crippen MR) is 84.5 cm³/mol. The molecular weight excluding hydrogens is 258 g/mol. The first-order valence-electron chi connectivity index (χ1n) is 8.06. The first-order chi connectivity index (χ1) is 10.4. The van der Waals surface area contributed by atoms with Gasteiger partial charge in [0.05, 0.1) is 0 Å². The van der Waals surface area contributed by atoms with Crippen LogP contribution in [0.5, 0.6) is 0 Å². The number of anilines is 1. The van der Waals surface area contributed by atoms with Gasteiger partial charge in [-0.2, -0.15) is 0 Å². The van der Waals surface area contributed by atoms with E-state index >= 15 is 0 Å². The Balaban J connectivity index is 1.51. The van der Waals surface area contributed by atoms with Gasteiger partial charge >= 0.3 is 0 Å². The lowest BCUT2D eigenvalue weighted by atomic mass is 10.1. The van der Waals surface area contributed by atoms with E-state index in [0.717, 1.165) is 18.7 Å². The second-order valence-corrected chi connectivity index (χ2v) is 6.21. The molecule has 2 aromatic rings. The van der Waals surface area contributed by atoms with Crippen molar-refractivity contribution in [2.75, 3.05) is 5.32 Å². The van der Waals surface area contributed by atoms with Crippen molar-refractivity contribution in [1.82, 2.24) is 9.97 Å². The van der Waals surface area contributed by atoms with Gasteiger partial charge < -0.3 is 5.32 Å². The molecule has 1 fully saturated rings. The molecule has 21 heavy (non-hydrogen) atoms. The summed E-state index contributed by atoms with van der Waals surface area (Å²) in [4.78, 5) is 9.01. The summed E-state index contributed by atoms with van der Waals surface area (Å²) in [6, 6.07) is 11.3. The number of hydrogen-bond acceptors (Lipinski definition) is 3. The van der Waals surface area contributed by atoms with Crippen LogP contribution >= 0.6 is 0 Å². The maximum atomic E-state index is 4.52. The number of nitrogens with zero attached hydrogens (tertiary/aromatic N) is 2. The normalized spacial score (nSPS) is 24.0. The average Bonchev–Trinajstić information content (AvgIpc) is 3.31. The van der Waals surface area contributed by atoms with Gasteiger partial charge in [-0.25, -0.2) is 9.97 Å². The molecule has 0 saturated heterocycles. The second-order valence-electron chi connectivity index (χ2n) is 6.21. The highest BCUT2D eigenvalue weighted by molar-refractivity contribution is 5.50. The molecule has 1 N–H and O–H groups in total. The molecule has 0 spiro atoms. The summed E-state index contributed by atoms with van der Waals surface area (Å²) in [6.45, 7) is 0. The summed E-state index contributed by atoms with van der Waals surface area (Å²) in [7, 11) is 0. The Bertz CT molecular complexity index is 624. The van der Waals surface area contributed by atoms with Crippen LogP contribution in [-0.4, -0.2) is 16.0 Å². The topological polar surface area (TPSA) is 37.8 Å². The Morgan fingerprint density at radius 3 is 2.71 bits per heavy atom. The van der Waals surface area contributed by atoms with Crippen LogP contribution < -0.4 is 5.32 Å². The van der Waals surface area contributed by atoms with E-state index in [4.69, 9.17) is 0 Å². The third-order valence-corrected chi connectivity index (χ3v) is 4.72. The lowest BCUT2D eigenvalue weighted by Gasteiger charge is -2.12. The van der Waals surface area contributed by atoms with Gasteiger partial charge in [-0.1, -0.05) is 36.8 Å². The lowest BCUT2D eigenvalue weighted by Crippen LogP contribution is -2.11. The van der Waals surface area contributed by atoms with Crippen molar-refractivity contribution in [3.63, 3.8) is 0 Å². The highest BCUT2D eigenvalue weighted by Gasteiger charge is 2.38. The molecular formula is C18H21N3. The van der Waals surface area contributed by atoms with E-state index in [1.165, 1.54) is 42.5 Å². The van der Waals surface area contributed by atoms with Gasteiger partial charge in [0.2, 0.25) is 0 Å². The van der Waals surface area contributed by atoms with E-state index in [-0.39, 0.29) is 0 Å². The van der Waals surface area contributed by atoms with Crippen molar-refractivity contribution in [3.05, 3.63) is 53.5 Å². The molecule has 2 unspecified atom stereocenters. The summed E-state index contributed by atoms with van der Waals surface area (Å²) < 4.78 is 0. The van der Waals surface area contributed by atoms with Crippen LogP contribution in [0.4, 0.5) is 5.82 Å². The van der Waals surface area contributed by atoms with E-state index < -0.39 is 0 Å². The maximum absolute atomic E-state index is 4.52. The Morgan fingerprint density at radius 2 is 1.81 bits per heavy atom. The minimum atomic E-state index is 0.537. The molecule has 108 valence electrons. The Hall–Kier alpha value is -1.90. The van der Waals surface area contributed by atoms with Crippen molar-refractivity contribution in [2.24, 2.45) is 0 Å². The van der Waals surface area contributed by atoms with Gasteiger partial charge in [-0.3, -0.25) is 0 Å². The molecule has 3 nitrogen and oxygen atoms in total. The van der Waals surface area contributed by atoms with Crippen LogP contribution in [-0.2, 0) is 12.8 Å². The van der Waals surface area contributed by atoms with E-state index in [0.29, 0.717) is 12.0 Å². The summed E-state index contributed by atoms with van der Waals surface area (Å²) in [5.41, 5.74) is 4.07. The van der Waals surface area contributed by atoms with Crippen molar-refractivity contribution < 1.29 is 0 Å². The molecule has 2 atom stereocenters. The quantitative estimate of drug-likeness (QED) is 0.870. The molecule has 0 bridgehead atoms. The summed E-state index contributed by atoms with van der Waals surface area (Å²) >= 11 is 0. The highest BCUT2D eigenvalue weighted by atomic mass is 15.1. The van der Waals surface area contributed by atoms with Gasteiger partial charge in [-0.05, 0) is 37.7 Å².